The number of nitrogens with one attached hydrogen (secondary N) is 1. The molecule has 1 aromatic carbocycles. The van der Waals surface area contributed by atoms with Gasteiger partial charge in [-0.15, -0.1) is 0 Å². The number of anilines is 1. The second-order valence-electron chi connectivity index (χ2n) is 6.51. The Labute approximate surface area is 147 Å². The van der Waals surface area contributed by atoms with Gasteiger partial charge in [-0.2, -0.15) is 5.10 Å². The van der Waals surface area contributed by atoms with Crippen LogP contribution < -0.4 is 10.2 Å². The van der Waals surface area contributed by atoms with Crippen molar-refractivity contribution in [2.75, 3.05) is 11.9 Å². The van der Waals surface area contributed by atoms with E-state index in [4.69, 9.17) is 0 Å². The summed E-state index contributed by atoms with van der Waals surface area (Å²) >= 11 is 0. The molecule has 0 spiro atoms. The zero-order valence-electron chi connectivity index (χ0n) is 14.7. The standard InChI is InChI=1S/C18H23N5O2/c1-13-9-16(17(24)23(13)15-7-5-4-6-8-15)20-18(25)21(2)11-14-10-19-22(3)12-14/h4-8,10,12-13,16H,9,11H2,1-3H3,(H,20,25)/t13-,16-/m0/s1. The van der Waals surface area contributed by atoms with Crippen molar-refractivity contribution < 1.29 is 9.59 Å². The van der Waals surface area contributed by atoms with E-state index >= 15 is 0 Å². The second kappa shape index (κ2) is 6.96. The number of urea groups is 1. The summed E-state index contributed by atoms with van der Waals surface area (Å²) in [5.41, 5.74) is 1.80. The number of hydrogen-bond donors (Lipinski definition) is 1. The molecule has 7 heteroatoms. The van der Waals surface area contributed by atoms with E-state index in [0.29, 0.717) is 13.0 Å². The molecule has 0 radical (unpaired) electrons. The summed E-state index contributed by atoms with van der Waals surface area (Å²) in [7, 11) is 3.54. The van der Waals surface area contributed by atoms with Gasteiger partial charge in [0.2, 0.25) is 5.91 Å². The lowest BCUT2D eigenvalue weighted by atomic mass is 10.2. The predicted molar refractivity (Wildman–Crippen MR) is 95.0 cm³/mol. The Hall–Kier alpha value is -2.83. The number of aromatic nitrogens is 2. The molecule has 132 valence electrons. The molecule has 3 rings (SSSR count). The third-order valence-corrected chi connectivity index (χ3v) is 4.41. The van der Waals surface area contributed by atoms with Crippen LogP contribution in [-0.2, 0) is 18.4 Å². The molecule has 0 bridgehead atoms. The molecule has 3 amide bonds. The van der Waals surface area contributed by atoms with Gasteiger partial charge in [0.25, 0.3) is 0 Å². The van der Waals surface area contributed by atoms with E-state index < -0.39 is 6.04 Å². The topological polar surface area (TPSA) is 70.5 Å². The van der Waals surface area contributed by atoms with Crippen molar-refractivity contribution in [3.63, 3.8) is 0 Å². The second-order valence-corrected chi connectivity index (χ2v) is 6.51. The van der Waals surface area contributed by atoms with Crippen molar-refractivity contribution in [1.82, 2.24) is 20.0 Å². The Kier molecular flexibility index (Phi) is 4.74. The van der Waals surface area contributed by atoms with Gasteiger partial charge in [-0.05, 0) is 25.5 Å². The highest BCUT2D eigenvalue weighted by molar-refractivity contribution is 6.01. The smallest absolute Gasteiger partial charge is 0.318 e. The number of benzene rings is 1. The van der Waals surface area contributed by atoms with Crippen LogP contribution in [-0.4, -0.2) is 45.8 Å². The number of carbonyl (C=O) groups is 2. The molecule has 1 N–H and O–H groups in total. The minimum Gasteiger partial charge on any atom is -0.326 e. The molecule has 1 aliphatic rings. The number of nitrogens with zero attached hydrogens (tertiary/aromatic N) is 4. The minimum absolute atomic E-state index is 0.0452. The Morgan fingerprint density at radius 1 is 1.36 bits per heavy atom. The highest BCUT2D eigenvalue weighted by Crippen LogP contribution is 2.26. The van der Waals surface area contributed by atoms with Gasteiger partial charge in [0, 0.05) is 37.6 Å². The molecule has 1 aliphatic heterocycles. The normalized spacial score (nSPS) is 20.0. The van der Waals surface area contributed by atoms with Crippen molar-refractivity contribution in [1.29, 1.82) is 0 Å². The van der Waals surface area contributed by atoms with Gasteiger partial charge in [-0.3, -0.25) is 9.48 Å². The zero-order chi connectivity index (χ0) is 18.0. The quantitative estimate of drug-likeness (QED) is 0.921. The first kappa shape index (κ1) is 17.0. The average Bonchev–Trinajstić information content (AvgIpc) is 3.11. The average molecular weight is 341 g/mol. The zero-order valence-corrected chi connectivity index (χ0v) is 14.7. The molecule has 2 aromatic rings. The van der Waals surface area contributed by atoms with E-state index in [1.165, 1.54) is 0 Å². The first-order chi connectivity index (χ1) is 12.0. The molecule has 1 fully saturated rings. The predicted octanol–water partition coefficient (Wildman–Crippen LogP) is 1.76. The molecule has 0 saturated carbocycles. The van der Waals surface area contributed by atoms with Gasteiger partial charge in [-0.1, -0.05) is 18.2 Å². The summed E-state index contributed by atoms with van der Waals surface area (Å²) in [6, 6.07) is 8.83. The number of hydrogen-bond acceptors (Lipinski definition) is 3. The first-order valence-electron chi connectivity index (χ1n) is 8.33. The first-order valence-corrected chi connectivity index (χ1v) is 8.33. The van der Waals surface area contributed by atoms with Gasteiger partial charge in [0.05, 0.1) is 12.7 Å². The van der Waals surface area contributed by atoms with Gasteiger partial charge < -0.3 is 15.1 Å². The number of carbonyl (C=O) groups excluding carboxylic acids is 2. The summed E-state index contributed by atoms with van der Waals surface area (Å²) in [4.78, 5) is 28.4. The molecule has 1 aromatic heterocycles. The van der Waals surface area contributed by atoms with Crippen LogP contribution in [0.2, 0.25) is 0 Å². The molecule has 1 saturated heterocycles. The van der Waals surface area contributed by atoms with Gasteiger partial charge in [-0.25, -0.2) is 4.79 Å². The molecular formula is C18H23N5O2. The summed E-state index contributed by atoms with van der Waals surface area (Å²) in [6.07, 6.45) is 4.19. The fourth-order valence-electron chi connectivity index (χ4n) is 3.18. The molecular weight excluding hydrogens is 318 g/mol. The molecule has 2 heterocycles. The molecule has 0 unspecified atom stereocenters. The molecule has 0 aliphatic carbocycles. The van der Waals surface area contributed by atoms with Crippen LogP contribution in [0.25, 0.3) is 0 Å². The number of rotatable bonds is 4. The lowest BCUT2D eigenvalue weighted by molar-refractivity contribution is -0.118. The van der Waals surface area contributed by atoms with Crippen LogP contribution >= 0.6 is 0 Å². The summed E-state index contributed by atoms with van der Waals surface area (Å²) in [5.74, 6) is -0.0678. The number of amides is 3. The fourth-order valence-corrected chi connectivity index (χ4v) is 3.18. The van der Waals surface area contributed by atoms with Crippen LogP contribution in [0, 0.1) is 0 Å². The van der Waals surface area contributed by atoms with Gasteiger partial charge in [0.1, 0.15) is 6.04 Å². The van der Waals surface area contributed by atoms with E-state index in [9.17, 15) is 9.59 Å². The molecule has 2 atom stereocenters. The summed E-state index contributed by atoms with van der Waals surface area (Å²) in [5, 5.41) is 6.95. The van der Waals surface area contributed by atoms with E-state index in [0.717, 1.165) is 11.3 Å². The van der Waals surface area contributed by atoms with Crippen LogP contribution in [0.3, 0.4) is 0 Å². The monoisotopic (exact) mass is 341 g/mol. The lowest BCUT2D eigenvalue weighted by Crippen LogP contribution is -2.46. The highest BCUT2D eigenvalue weighted by Gasteiger charge is 2.39. The van der Waals surface area contributed by atoms with E-state index in [2.05, 4.69) is 10.4 Å². The van der Waals surface area contributed by atoms with E-state index in [1.807, 2.05) is 50.5 Å². The number of para-hydroxylation sites is 1. The maximum Gasteiger partial charge on any atom is 0.318 e. The van der Waals surface area contributed by atoms with E-state index in [1.54, 1.807) is 27.7 Å². The Balaban J connectivity index is 1.62. The van der Waals surface area contributed by atoms with Crippen molar-refractivity contribution >= 4 is 17.6 Å². The highest BCUT2D eigenvalue weighted by atomic mass is 16.2. The largest absolute Gasteiger partial charge is 0.326 e. The maximum absolute atomic E-state index is 12.7. The van der Waals surface area contributed by atoms with Crippen molar-refractivity contribution in [3.8, 4) is 0 Å². The third kappa shape index (κ3) is 3.65. The van der Waals surface area contributed by atoms with Crippen molar-refractivity contribution in [3.05, 3.63) is 48.3 Å². The summed E-state index contributed by atoms with van der Waals surface area (Å²) in [6.45, 7) is 2.44. The van der Waals surface area contributed by atoms with Gasteiger partial charge in [0.15, 0.2) is 0 Å². The summed E-state index contributed by atoms with van der Waals surface area (Å²) < 4.78 is 1.70. The number of aryl methyl sites for hydroxylation is 1. The SMILES string of the molecule is C[C@H]1C[C@H](NC(=O)N(C)Cc2cnn(C)c2)C(=O)N1c1ccccc1. The molecule has 7 nitrogen and oxygen atoms in total. The third-order valence-electron chi connectivity index (χ3n) is 4.41. The Morgan fingerprint density at radius 2 is 2.08 bits per heavy atom. The Morgan fingerprint density at radius 3 is 2.72 bits per heavy atom. The van der Waals surface area contributed by atoms with Crippen LogP contribution in [0.1, 0.15) is 18.9 Å². The van der Waals surface area contributed by atoms with Crippen molar-refractivity contribution in [2.45, 2.75) is 32.0 Å². The van der Waals surface area contributed by atoms with Crippen LogP contribution in [0.4, 0.5) is 10.5 Å². The van der Waals surface area contributed by atoms with Crippen LogP contribution in [0.15, 0.2) is 42.7 Å². The van der Waals surface area contributed by atoms with Gasteiger partial charge >= 0.3 is 6.03 Å². The van der Waals surface area contributed by atoms with Crippen molar-refractivity contribution in [2.24, 2.45) is 7.05 Å². The molecule has 25 heavy (non-hydrogen) atoms. The Bertz CT molecular complexity index is 758. The fraction of sp³-hybridized carbons (Fsp3) is 0.389. The van der Waals surface area contributed by atoms with Crippen LogP contribution in [0.5, 0.6) is 0 Å². The minimum atomic E-state index is -0.501. The van der Waals surface area contributed by atoms with E-state index in [-0.39, 0.29) is 18.0 Å². The maximum atomic E-state index is 12.7. The lowest BCUT2D eigenvalue weighted by Gasteiger charge is -2.22.